The maximum absolute atomic E-state index is 13.3. The van der Waals surface area contributed by atoms with Crippen molar-refractivity contribution in [3.05, 3.63) is 53.2 Å². The second kappa shape index (κ2) is 10.0. The number of nitrogens with one attached hydrogen (secondary N) is 3. The second-order valence-corrected chi connectivity index (χ2v) is 8.75. The van der Waals surface area contributed by atoms with Gasteiger partial charge in [0.1, 0.15) is 18.0 Å². The fourth-order valence-electron chi connectivity index (χ4n) is 3.30. The second-order valence-electron chi connectivity index (χ2n) is 7.42. The van der Waals surface area contributed by atoms with Crippen LogP contribution in [-0.4, -0.2) is 41.6 Å². The molecule has 3 N–H and O–H groups in total. The Hall–Kier alpha value is -2.19. The highest BCUT2D eigenvalue weighted by atomic mass is 32.2. The van der Waals surface area contributed by atoms with Crippen molar-refractivity contribution in [1.29, 1.82) is 0 Å². The number of benzene rings is 1. The zero-order chi connectivity index (χ0) is 20.8. The molecule has 1 aromatic carbocycles. The molecule has 0 fully saturated rings. The van der Waals surface area contributed by atoms with E-state index in [9.17, 15) is 9.18 Å². The molecule has 156 valence electrons. The summed E-state index contributed by atoms with van der Waals surface area (Å²) >= 11 is 1.85. The Labute approximate surface area is 175 Å². The highest BCUT2D eigenvalue weighted by Gasteiger charge is 2.24. The van der Waals surface area contributed by atoms with Gasteiger partial charge in [-0.2, -0.15) is 0 Å². The summed E-state index contributed by atoms with van der Waals surface area (Å²) < 4.78 is 13.3. The maximum Gasteiger partial charge on any atom is 0.228 e. The SMILES string of the molecule is CC(C)NCC(C(=O)NCCNc1ncnc2c1[C@H](C)SC2)c1ccc(F)cc1. The summed E-state index contributed by atoms with van der Waals surface area (Å²) in [7, 11) is 0. The number of thioether (sulfide) groups is 1. The van der Waals surface area contributed by atoms with Gasteiger partial charge in [0.15, 0.2) is 0 Å². The summed E-state index contributed by atoms with van der Waals surface area (Å²) in [5.74, 6) is 0.991. The summed E-state index contributed by atoms with van der Waals surface area (Å²) in [4.78, 5) is 21.5. The molecule has 1 amide bonds. The van der Waals surface area contributed by atoms with Crippen molar-refractivity contribution in [2.75, 3.05) is 25.0 Å². The van der Waals surface area contributed by atoms with Crippen LogP contribution in [0.15, 0.2) is 30.6 Å². The zero-order valence-corrected chi connectivity index (χ0v) is 17.9. The Bertz CT molecular complexity index is 830. The molecule has 0 aliphatic carbocycles. The lowest BCUT2D eigenvalue weighted by molar-refractivity contribution is -0.122. The first-order valence-electron chi connectivity index (χ1n) is 9.91. The first-order valence-corrected chi connectivity index (χ1v) is 11.0. The molecule has 1 aliphatic rings. The molecule has 6 nitrogen and oxygen atoms in total. The minimum Gasteiger partial charge on any atom is -0.368 e. The largest absolute Gasteiger partial charge is 0.368 e. The van der Waals surface area contributed by atoms with Gasteiger partial charge in [-0.05, 0) is 24.6 Å². The van der Waals surface area contributed by atoms with Gasteiger partial charge >= 0.3 is 0 Å². The van der Waals surface area contributed by atoms with Gasteiger partial charge < -0.3 is 16.0 Å². The molecule has 1 unspecified atom stereocenters. The Morgan fingerprint density at radius 2 is 2.00 bits per heavy atom. The number of fused-ring (bicyclic) bond motifs is 1. The minimum absolute atomic E-state index is 0.0802. The monoisotopic (exact) mass is 417 g/mol. The average molecular weight is 418 g/mol. The average Bonchev–Trinajstić information content (AvgIpc) is 3.08. The Kier molecular flexibility index (Phi) is 7.44. The molecule has 0 saturated heterocycles. The van der Waals surface area contributed by atoms with Crippen LogP contribution in [0.25, 0.3) is 0 Å². The summed E-state index contributed by atoms with van der Waals surface area (Å²) in [5.41, 5.74) is 3.04. The number of hydrogen-bond donors (Lipinski definition) is 3. The lowest BCUT2D eigenvalue weighted by Gasteiger charge is -2.20. The fourth-order valence-corrected chi connectivity index (χ4v) is 4.35. The van der Waals surface area contributed by atoms with Crippen LogP contribution in [0.5, 0.6) is 0 Å². The van der Waals surface area contributed by atoms with Crippen molar-refractivity contribution < 1.29 is 9.18 Å². The molecular weight excluding hydrogens is 389 g/mol. The van der Waals surface area contributed by atoms with Gasteiger partial charge in [0, 0.05) is 42.2 Å². The van der Waals surface area contributed by atoms with Crippen LogP contribution in [0.1, 0.15) is 48.8 Å². The Morgan fingerprint density at radius 3 is 2.72 bits per heavy atom. The van der Waals surface area contributed by atoms with E-state index in [1.165, 1.54) is 12.1 Å². The van der Waals surface area contributed by atoms with Crippen LogP contribution < -0.4 is 16.0 Å². The summed E-state index contributed by atoms with van der Waals surface area (Å²) in [6.45, 7) is 7.75. The molecule has 1 aliphatic heterocycles. The molecule has 0 bridgehead atoms. The number of nitrogens with zero attached hydrogens (tertiary/aromatic N) is 2. The number of amides is 1. The fraction of sp³-hybridized carbons (Fsp3) is 0.476. The lowest BCUT2D eigenvalue weighted by atomic mass is 9.97. The number of halogens is 1. The number of carbonyl (C=O) groups excluding carboxylic acids is 1. The summed E-state index contributed by atoms with van der Waals surface area (Å²) in [6.07, 6.45) is 1.58. The molecule has 0 spiro atoms. The molecular formula is C21H28FN5OS. The van der Waals surface area contributed by atoms with Crippen LogP contribution in [0.2, 0.25) is 0 Å². The van der Waals surface area contributed by atoms with E-state index in [1.807, 2.05) is 25.6 Å². The molecule has 29 heavy (non-hydrogen) atoms. The molecule has 2 aromatic rings. The third-order valence-electron chi connectivity index (χ3n) is 4.88. The van der Waals surface area contributed by atoms with Crippen molar-refractivity contribution in [1.82, 2.24) is 20.6 Å². The van der Waals surface area contributed by atoms with Crippen molar-refractivity contribution in [3.63, 3.8) is 0 Å². The van der Waals surface area contributed by atoms with E-state index < -0.39 is 0 Å². The third kappa shape index (κ3) is 5.67. The molecule has 3 rings (SSSR count). The van der Waals surface area contributed by atoms with E-state index in [4.69, 9.17) is 0 Å². The van der Waals surface area contributed by atoms with E-state index in [0.29, 0.717) is 24.9 Å². The first-order chi connectivity index (χ1) is 14.0. The van der Waals surface area contributed by atoms with Crippen LogP contribution in [0.4, 0.5) is 10.2 Å². The van der Waals surface area contributed by atoms with Crippen molar-refractivity contribution in [2.24, 2.45) is 0 Å². The van der Waals surface area contributed by atoms with E-state index in [1.54, 1.807) is 18.5 Å². The molecule has 1 aromatic heterocycles. The Morgan fingerprint density at radius 1 is 1.24 bits per heavy atom. The topological polar surface area (TPSA) is 78.9 Å². The minimum atomic E-state index is -0.377. The van der Waals surface area contributed by atoms with Crippen LogP contribution in [-0.2, 0) is 10.5 Å². The molecule has 2 atom stereocenters. The van der Waals surface area contributed by atoms with Crippen molar-refractivity contribution in [2.45, 2.75) is 43.7 Å². The standard InChI is InChI=1S/C21H28FN5OS/c1-13(2)25-10-17(15-4-6-16(22)7-5-15)21(28)24-9-8-23-20-19-14(3)29-11-18(19)26-12-27-20/h4-7,12-14,17,25H,8-11H2,1-3H3,(H,24,28)(H,23,26,27)/t14-,17?/m0/s1. The molecule has 0 saturated carbocycles. The molecule has 0 radical (unpaired) electrons. The summed E-state index contributed by atoms with van der Waals surface area (Å²) in [5, 5.41) is 9.98. The predicted molar refractivity (Wildman–Crippen MR) is 116 cm³/mol. The van der Waals surface area contributed by atoms with Gasteiger partial charge in [0.2, 0.25) is 5.91 Å². The van der Waals surface area contributed by atoms with Gasteiger partial charge in [0.05, 0.1) is 11.6 Å². The molecule has 2 heterocycles. The van der Waals surface area contributed by atoms with Crippen LogP contribution >= 0.6 is 11.8 Å². The number of rotatable bonds is 9. The van der Waals surface area contributed by atoms with Crippen LogP contribution in [0.3, 0.4) is 0 Å². The van der Waals surface area contributed by atoms with Crippen molar-refractivity contribution in [3.8, 4) is 0 Å². The lowest BCUT2D eigenvalue weighted by Crippen LogP contribution is -2.39. The van der Waals surface area contributed by atoms with Gasteiger partial charge in [-0.25, -0.2) is 14.4 Å². The van der Waals surface area contributed by atoms with Gasteiger partial charge in [-0.1, -0.05) is 26.0 Å². The van der Waals surface area contributed by atoms with Gasteiger partial charge in [-0.3, -0.25) is 4.79 Å². The highest BCUT2D eigenvalue weighted by molar-refractivity contribution is 7.99. The quantitative estimate of drug-likeness (QED) is 0.544. The van der Waals surface area contributed by atoms with E-state index in [0.717, 1.165) is 28.4 Å². The van der Waals surface area contributed by atoms with Crippen LogP contribution in [0, 0.1) is 5.82 Å². The zero-order valence-electron chi connectivity index (χ0n) is 17.0. The highest BCUT2D eigenvalue weighted by Crippen LogP contribution is 2.42. The number of aromatic nitrogens is 2. The molecule has 8 heteroatoms. The number of anilines is 1. The predicted octanol–water partition coefficient (Wildman–Crippen LogP) is 3.23. The first kappa shape index (κ1) is 21.5. The third-order valence-corrected chi connectivity index (χ3v) is 6.05. The Balaban J connectivity index is 1.56. The van der Waals surface area contributed by atoms with E-state index in [2.05, 4.69) is 32.8 Å². The van der Waals surface area contributed by atoms with Gasteiger partial charge in [-0.15, -0.1) is 11.8 Å². The van der Waals surface area contributed by atoms with Crippen molar-refractivity contribution >= 4 is 23.5 Å². The van der Waals surface area contributed by atoms with E-state index >= 15 is 0 Å². The number of hydrogen-bond acceptors (Lipinski definition) is 6. The smallest absolute Gasteiger partial charge is 0.228 e. The normalized spacial score (nSPS) is 16.5. The van der Waals surface area contributed by atoms with Gasteiger partial charge in [0.25, 0.3) is 0 Å². The summed E-state index contributed by atoms with van der Waals surface area (Å²) in [6, 6.07) is 6.38. The van der Waals surface area contributed by atoms with E-state index in [-0.39, 0.29) is 23.7 Å². The number of carbonyl (C=O) groups is 1. The maximum atomic E-state index is 13.3.